The van der Waals surface area contributed by atoms with Gasteiger partial charge in [0.1, 0.15) is 0 Å². The molecule has 0 radical (unpaired) electrons. The normalized spacial score (nSPS) is 11.8. The van der Waals surface area contributed by atoms with Crippen LogP contribution in [0.25, 0.3) is 10.8 Å². The molecular formula is C16H17BrO. The van der Waals surface area contributed by atoms with Gasteiger partial charge >= 0.3 is 0 Å². The lowest BCUT2D eigenvalue weighted by Gasteiger charge is -2.17. The van der Waals surface area contributed by atoms with Crippen molar-refractivity contribution in [3.05, 3.63) is 46.4 Å². The largest absolute Gasteiger partial charge is 0.294 e. The lowest BCUT2D eigenvalue weighted by Crippen LogP contribution is -2.13. The molecule has 0 aromatic heterocycles. The third kappa shape index (κ3) is 2.81. The molecule has 0 amide bonds. The lowest BCUT2D eigenvalue weighted by molar-refractivity contribution is 0.0941. The highest BCUT2D eigenvalue weighted by molar-refractivity contribution is 9.10. The first-order valence-corrected chi connectivity index (χ1v) is 6.88. The summed E-state index contributed by atoms with van der Waals surface area (Å²) in [5.41, 5.74) is 0.842. The van der Waals surface area contributed by atoms with Crippen LogP contribution < -0.4 is 0 Å². The van der Waals surface area contributed by atoms with Crippen LogP contribution in [0.4, 0.5) is 0 Å². The maximum Gasteiger partial charge on any atom is 0.164 e. The Kier molecular flexibility index (Phi) is 3.58. The van der Waals surface area contributed by atoms with Crippen LogP contribution in [-0.4, -0.2) is 5.78 Å². The van der Waals surface area contributed by atoms with E-state index in [4.69, 9.17) is 0 Å². The SMILES string of the molecule is CC(C)(C)CC(=O)c1ccc(Br)c2ccccc12. The maximum atomic E-state index is 12.4. The Morgan fingerprint density at radius 1 is 1.06 bits per heavy atom. The molecule has 0 heterocycles. The van der Waals surface area contributed by atoms with Crippen LogP contribution in [0.15, 0.2) is 40.9 Å². The van der Waals surface area contributed by atoms with Gasteiger partial charge in [-0.3, -0.25) is 4.79 Å². The molecule has 2 heteroatoms. The number of hydrogen-bond donors (Lipinski definition) is 0. The summed E-state index contributed by atoms with van der Waals surface area (Å²) in [4.78, 5) is 12.4. The molecule has 0 aliphatic rings. The van der Waals surface area contributed by atoms with Gasteiger partial charge in [0.05, 0.1) is 0 Å². The molecule has 94 valence electrons. The van der Waals surface area contributed by atoms with Gasteiger partial charge in [0, 0.05) is 16.5 Å². The van der Waals surface area contributed by atoms with Crippen molar-refractivity contribution in [1.82, 2.24) is 0 Å². The monoisotopic (exact) mass is 304 g/mol. The molecule has 2 aromatic rings. The molecule has 0 fully saturated rings. The van der Waals surface area contributed by atoms with E-state index in [1.807, 2.05) is 36.4 Å². The molecule has 0 aliphatic heterocycles. The van der Waals surface area contributed by atoms with E-state index in [2.05, 4.69) is 36.7 Å². The Balaban J connectivity index is 2.52. The summed E-state index contributed by atoms with van der Waals surface area (Å²) >= 11 is 3.53. The molecule has 0 bridgehead atoms. The van der Waals surface area contributed by atoms with Gasteiger partial charge in [-0.15, -0.1) is 0 Å². The molecule has 1 nitrogen and oxygen atoms in total. The lowest BCUT2D eigenvalue weighted by atomic mass is 9.86. The minimum absolute atomic E-state index is 0.0191. The number of hydrogen-bond acceptors (Lipinski definition) is 1. The summed E-state index contributed by atoms with van der Waals surface area (Å²) in [6, 6.07) is 11.9. The Labute approximate surface area is 116 Å². The van der Waals surface area contributed by atoms with E-state index in [0.717, 1.165) is 20.8 Å². The highest BCUT2D eigenvalue weighted by atomic mass is 79.9. The predicted octanol–water partition coefficient (Wildman–Crippen LogP) is 5.22. The molecule has 0 saturated carbocycles. The van der Waals surface area contributed by atoms with Crippen LogP contribution in [0.3, 0.4) is 0 Å². The smallest absolute Gasteiger partial charge is 0.164 e. The maximum absolute atomic E-state index is 12.4. The Morgan fingerprint density at radius 3 is 2.28 bits per heavy atom. The molecule has 0 saturated heterocycles. The molecule has 2 aromatic carbocycles. The fourth-order valence-electron chi connectivity index (χ4n) is 2.08. The molecular weight excluding hydrogens is 288 g/mol. The third-order valence-corrected chi connectivity index (χ3v) is 3.55. The zero-order chi connectivity index (χ0) is 13.3. The molecule has 0 atom stereocenters. The predicted molar refractivity (Wildman–Crippen MR) is 80.1 cm³/mol. The van der Waals surface area contributed by atoms with Crippen LogP contribution in [0.1, 0.15) is 37.6 Å². The molecule has 0 aliphatic carbocycles. The molecule has 0 unspecified atom stereocenters. The van der Waals surface area contributed by atoms with Crippen molar-refractivity contribution in [1.29, 1.82) is 0 Å². The summed E-state index contributed by atoms with van der Waals surface area (Å²) in [6.07, 6.45) is 0.568. The van der Waals surface area contributed by atoms with Gasteiger partial charge in [-0.05, 0) is 28.3 Å². The van der Waals surface area contributed by atoms with Crippen LogP contribution in [0.5, 0.6) is 0 Å². The summed E-state index contributed by atoms with van der Waals surface area (Å²) in [6.45, 7) is 6.27. The first-order chi connectivity index (χ1) is 8.38. The van der Waals surface area contributed by atoms with Crippen LogP contribution in [0.2, 0.25) is 0 Å². The van der Waals surface area contributed by atoms with Gasteiger partial charge in [0.15, 0.2) is 5.78 Å². The second-order valence-electron chi connectivity index (χ2n) is 5.80. The average molecular weight is 305 g/mol. The minimum Gasteiger partial charge on any atom is -0.294 e. The van der Waals surface area contributed by atoms with Crippen molar-refractivity contribution in [2.75, 3.05) is 0 Å². The molecule has 2 rings (SSSR count). The average Bonchev–Trinajstić information content (AvgIpc) is 2.27. The standard InChI is InChI=1S/C16H17BrO/c1-16(2,3)10-15(18)13-8-9-14(17)12-7-5-4-6-11(12)13/h4-9H,10H2,1-3H3. The van der Waals surface area contributed by atoms with E-state index in [-0.39, 0.29) is 11.2 Å². The van der Waals surface area contributed by atoms with Gasteiger partial charge < -0.3 is 0 Å². The summed E-state index contributed by atoms with van der Waals surface area (Å²) in [7, 11) is 0. The highest BCUT2D eigenvalue weighted by Crippen LogP contribution is 2.29. The number of benzene rings is 2. The van der Waals surface area contributed by atoms with Crippen molar-refractivity contribution in [3.63, 3.8) is 0 Å². The van der Waals surface area contributed by atoms with Gasteiger partial charge in [-0.25, -0.2) is 0 Å². The topological polar surface area (TPSA) is 17.1 Å². The highest BCUT2D eigenvalue weighted by Gasteiger charge is 2.19. The number of carbonyl (C=O) groups excluding carboxylic acids is 1. The van der Waals surface area contributed by atoms with Gasteiger partial charge in [0.2, 0.25) is 0 Å². The van der Waals surface area contributed by atoms with Crippen molar-refractivity contribution >= 4 is 32.5 Å². The van der Waals surface area contributed by atoms with E-state index < -0.39 is 0 Å². The van der Waals surface area contributed by atoms with Crippen molar-refractivity contribution in [3.8, 4) is 0 Å². The van der Waals surface area contributed by atoms with Gasteiger partial charge in [0.25, 0.3) is 0 Å². The zero-order valence-corrected chi connectivity index (χ0v) is 12.5. The van der Waals surface area contributed by atoms with E-state index in [1.165, 1.54) is 0 Å². The minimum atomic E-state index is 0.0191. The van der Waals surface area contributed by atoms with E-state index >= 15 is 0 Å². The van der Waals surface area contributed by atoms with Crippen LogP contribution >= 0.6 is 15.9 Å². The van der Waals surface area contributed by atoms with Gasteiger partial charge in [-0.2, -0.15) is 0 Å². The Bertz CT molecular complexity index is 594. The summed E-state index contributed by atoms with van der Waals surface area (Å²) in [5, 5.41) is 2.12. The Hall–Kier alpha value is -1.15. The van der Waals surface area contributed by atoms with Crippen molar-refractivity contribution in [2.45, 2.75) is 27.2 Å². The Morgan fingerprint density at radius 2 is 1.67 bits per heavy atom. The number of fused-ring (bicyclic) bond motifs is 1. The third-order valence-electron chi connectivity index (χ3n) is 2.86. The second kappa shape index (κ2) is 4.85. The number of rotatable bonds is 2. The number of ketones is 1. The summed E-state index contributed by atoms with van der Waals surface area (Å²) in [5.74, 6) is 0.214. The first kappa shape index (κ1) is 13.3. The molecule has 0 N–H and O–H groups in total. The number of carbonyl (C=O) groups is 1. The zero-order valence-electron chi connectivity index (χ0n) is 11.0. The van der Waals surface area contributed by atoms with Crippen LogP contribution in [-0.2, 0) is 0 Å². The first-order valence-electron chi connectivity index (χ1n) is 6.09. The van der Waals surface area contributed by atoms with E-state index in [9.17, 15) is 4.79 Å². The van der Waals surface area contributed by atoms with E-state index in [0.29, 0.717) is 6.42 Å². The number of halogens is 1. The quantitative estimate of drug-likeness (QED) is 0.695. The molecule has 0 spiro atoms. The summed E-state index contributed by atoms with van der Waals surface area (Å²) < 4.78 is 1.03. The van der Waals surface area contributed by atoms with Crippen LogP contribution in [0, 0.1) is 5.41 Å². The molecule has 18 heavy (non-hydrogen) atoms. The second-order valence-corrected chi connectivity index (χ2v) is 6.66. The number of Topliss-reactive ketones (excluding diaryl/α,β-unsaturated/α-hetero) is 1. The van der Waals surface area contributed by atoms with Crippen molar-refractivity contribution in [2.24, 2.45) is 5.41 Å². The fourth-order valence-corrected chi connectivity index (χ4v) is 2.56. The van der Waals surface area contributed by atoms with E-state index in [1.54, 1.807) is 0 Å². The van der Waals surface area contributed by atoms with Crippen molar-refractivity contribution < 1.29 is 4.79 Å². The fraction of sp³-hybridized carbons (Fsp3) is 0.312. The van der Waals surface area contributed by atoms with Gasteiger partial charge in [-0.1, -0.05) is 61.0 Å².